The van der Waals surface area contributed by atoms with Gasteiger partial charge in [0.05, 0.1) is 6.07 Å². The van der Waals surface area contributed by atoms with Gasteiger partial charge < -0.3 is 4.79 Å². The summed E-state index contributed by atoms with van der Waals surface area (Å²) >= 11 is 0. The van der Waals surface area contributed by atoms with Crippen molar-refractivity contribution in [1.29, 1.82) is 5.26 Å². The topological polar surface area (TPSA) is 40.9 Å². The molecular weight excluding hydrogens is 138 g/mol. The van der Waals surface area contributed by atoms with E-state index in [1.165, 1.54) is 0 Å². The highest BCUT2D eigenvalue weighted by molar-refractivity contribution is 5.50. The molecule has 0 heterocycles. The van der Waals surface area contributed by atoms with Gasteiger partial charge in [0.2, 0.25) is 0 Å². The molecule has 2 nitrogen and oxygen atoms in total. The summed E-state index contributed by atoms with van der Waals surface area (Å²) in [4.78, 5) is 8.80. The zero-order chi connectivity index (χ0) is 8.24. The zero-order valence-electron chi connectivity index (χ0n) is 5.26. The number of nitriles is 1. The van der Waals surface area contributed by atoms with Gasteiger partial charge in [-0.15, -0.1) is 0 Å². The summed E-state index contributed by atoms with van der Waals surface area (Å²) in [7, 11) is 0. The molecule has 56 valence electrons. The van der Waals surface area contributed by atoms with Crippen LogP contribution in [0, 0.1) is 11.3 Å². The van der Waals surface area contributed by atoms with E-state index in [1.54, 1.807) is 6.07 Å². The average Bonchev–Trinajstić information content (AvgIpc) is 2.01. The summed E-state index contributed by atoms with van der Waals surface area (Å²) < 4.78 is 21.3. The molecular formula is C6H7F2NO. The van der Waals surface area contributed by atoms with Crippen LogP contribution in [0.15, 0.2) is 12.2 Å². The fourth-order valence-electron chi connectivity index (χ4n) is 0.0972. The lowest BCUT2D eigenvalue weighted by atomic mass is 10.6. The predicted molar refractivity (Wildman–Crippen MR) is 32.8 cm³/mol. The number of hydrogen-bond donors (Lipinski definition) is 0. The molecule has 0 aliphatic heterocycles. The fourth-order valence-corrected chi connectivity index (χ4v) is 0.0972. The van der Waals surface area contributed by atoms with Gasteiger partial charge >= 0.3 is 0 Å². The van der Waals surface area contributed by atoms with Crippen molar-refractivity contribution in [2.24, 2.45) is 0 Å². The van der Waals surface area contributed by atoms with Gasteiger partial charge in [0.1, 0.15) is 13.3 Å². The zero-order valence-corrected chi connectivity index (χ0v) is 5.26. The lowest BCUT2D eigenvalue weighted by Crippen LogP contribution is -1.65. The Morgan fingerprint density at radius 1 is 1.40 bits per heavy atom. The Balaban J connectivity index is 0. The molecule has 0 atom stereocenters. The molecule has 0 aromatic rings. The molecule has 0 spiro atoms. The minimum Gasteiger partial charge on any atom is -0.300 e. The van der Waals surface area contributed by atoms with Gasteiger partial charge in [0.25, 0.3) is 0 Å². The van der Waals surface area contributed by atoms with Gasteiger partial charge in [-0.1, -0.05) is 0 Å². The largest absolute Gasteiger partial charge is 0.300 e. The standard InChI is InChI=1S/C4H4FN.C2H3FO/c5-3-1-2-4-6;3-1-2-4/h1-2H,3H2;2H,1H2/i5-1;3-1. The van der Waals surface area contributed by atoms with Crippen molar-refractivity contribution in [2.45, 2.75) is 0 Å². The van der Waals surface area contributed by atoms with Crippen molar-refractivity contribution < 1.29 is 13.6 Å². The second-order valence-electron chi connectivity index (χ2n) is 1.01. The van der Waals surface area contributed by atoms with Crippen molar-refractivity contribution in [3.05, 3.63) is 12.2 Å². The van der Waals surface area contributed by atoms with Gasteiger partial charge in [-0.3, -0.25) is 0 Å². The van der Waals surface area contributed by atoms with E-state index >= 15 is 0 Å². The molecule has 0 fully saturated rings. The normalized spacial score (nSPS) is 7.70. The van der Waals surface area contributed by atoms with Crippen LogP contribution in [-0.2, 0) is 4.79 Å². The number of hydrogen-bond acceptors (Lipinski definition) is 2. The van der Waals surface area contributed by atoms with Crippen molar-refractivity contribution in [3.63, 3.8) is 0 Å². The van der Waals surface area contributed by atoms with Gasteiger partial charge in [-0.05, 0) is 6.08 Å². The Morgan fingerprint density at radius 3 is 2.00 bits per heavy atom. The number of carbonyl (C=O) groups excluding carboxylic acids is 1. The number of alkyl halides is 2. The Bertz CT molecular complexity index is 128. The molecule has 0 aromatic heterocycles. The molecule has 0 unspecified atom stereocenters. The van der Waals surface area contributed by atoms with E-state index in [2.05, 4.69) is 0 Å². The summed E-state index contributed by atoms with van der Waals surface area (Å²) in [6.45, 7) is -1.41. The molecule has 0 radical (unpaired) electrons. The fraction of sp³-hybridized carbons (Fsp3) is 0.333. The van der Waals surface area contributed by atoms with Gasteiger partial charge in [-0.25, -0.2) is 8.78 Å². The number of halogens is 2. The first kappa shape index (κ1) is 11.5. The Kier molecular flexibility index (Phi) is 18.1. The molecule has 4 heteroatoms. The van der Waals surface area contributed by atoms with Crippen LogP contribution in [-0.4, -0.2) is 19.6 Å². The summed E-state index contributed by atoms with van der Waals surface area (Å²) in [6, 6.07) is 1.65. The van der Waals surface area contributed by atoms with Crippen molar-refractivity contribution >= 4 is 6.29 Å². The van der Waals surface area contributed by atoms with Gasteiger partial charge in [0, 0.05) is 6.08 Å². The highest BCUT2D eigenvalue weighted by Crippen LogP contribution is 1.68. The molecule has 10 heavy (non-hydrogen) atoms. The summed E-state index contributed by atoms with van der Waals surface area (Å²) in [5.74, 6) is 0. The van der Waals surface area contributed by atoms with E-state index < -0.39 is 13.3 Å². The second kappa shape index (κ2) is 15.7. The van der Waals surface area contributed by atoms with Crippen LogP contribution >= 0.6 is 0 Å². The second-order valence-corrected chi connectivity index (χ2v) is 1.01. The highest BCUT2D eigenvalue weighted by Gasteiger charge is 1.61. The van der Waals surface area contributed by atoms with Crippen LogP contribution < -0.4 is 0 Å². The molecule has 0 amide bonds. The number of carbonyl (C=O) groups is 1. The molecule has 0 aliphatic rings. The third-order valence-corrected chi connectivity index (χ3v) is 0.344. The van der Waals surface area contributed by atoms with E-state index in [9.17, 15) is 8.78 Å². The lowest BCUT2D eigenvalue weighted by Gasteiger charge is -1.60. The number of aldehydes is 1. The van der Waals surface area contributed by atoms with Crippen molar-refractivity contribution in [2.75, 3.05) is 13.3 Å². The van der Waals surface area contributed by atoms with E-state index in [1.807, 2.05) is 0 Å². The minimum absolute atomic E-state index is 0.208. The highest BCUT2D eigenvalue weighted by atomic mass is 18.2. The summed E-state index contributed by atoms with van der Waals surface area (Å²) in [5, 5.41) is 7.69. The smallest absolute Gasteiger partial charge is 0.150 e. The van der Waals surface area contributed by atoms with E-state index in [0.717, 1.165) is 12.2 Å². The van der Waals surface area contributed by atoms with Crippen LogP contribution in [0.1, 0.15) is 0 Å². The maximum atomic E-state index is 10.9. The van der Waals surface area contributed by atoms with E-state index in [0.29, 0.717) is 0 Å². The van der Waals surface area contributed by atoms with Crippen molar-refractivity contribution in [3.8, 4) is 6.07 Å². The van der Waals surface area contributed by atoms with Crippen LogP contribution in [0.25, 0.3) is 0 Å². The lowest BCUT2D eigenvalue weighted by molar-refractivity contribution is -0.108. The monoisotopic (exact) mass is 145 g/mol. The van der Waals surface area contributed by atoms with Crippen LogP contribution in [0.2, 0.25) is 0 Å². The SMILES string of the molecule is N#CC=CC[18F].O=CC[18F]. The van der Waals surface area contributed by atoms with E-state index in [-0.39, 0.29) is 6.29 Å². The van der Waals surface area contributed by atoms with Crippen LogP contribution in [0.5, 0.6) is 0 Å². The number of allylic oxidation sites excluding steroid dienone is 2. The number of nitrogens with zero attached hydrogens (tertiary/aromatic N) is 1. The molecule has 0 bridgehead atoms. The first-order chi connectivity index (χ1) is 4.83. The van der Waals surface area contributed by atoms with Gasteiger partial charge in [0.15, 0.2) is 6.29 Å². The number of rotatable bonds is 2. The first-order valence-corrected chi connectivity index (χ1v) is 2.43. The predicted octanol–water partition coefficient (Wildman–Crippen LogP) is 1.19. The first-order valence-electron chi connectivity index (χ1n) is 2.43. The molecule has 0 N–H and O–H groups in total. The maximum absolute atomic E-state index is 10.9. The quantitative estimate of drug-likeness (QED) is 0.432. The summed E-state index contributed by atoms with van der Waals surface area (Å²) in [6.07, 6.45) is 2.47. The maximum Gasteiger partial charge on any atom is 0.150 e. The Labute approximate surface area is 57.8 Å². The molecule has 0 rings (SSSR count). The Hall–Kier alpha value is -1.24. The van der Waals surface area contributed by atoms with Crippen LogP contribution in [0.3, 0.4) is 0 Å². The molecule has 0 aromatic carbocycles. The Morgan fingerprint density at radius 2 is 1.90 bits per heavy atom. The van der Waals surface area contributed by atoms with Crippen molar-refractivity contribution in [1.82, 2.24) is 0 Å². The molecule has 0 saturated carbocycles. The molecule has 0 aliphatic carbocycles. The van der Waals surface area contributed by atoms with Gasteiger partial charge in [-0.2, -0.15) is 5.26 Å². The van der Waals surface area contributed by atoms with E-state index in [4.69, 9.17) is 10.1 Å². The van der Waals surface area contributed by atoms with Crippen LogP contribution in [0.4, 0.5) is 8.78 Å². The molecule has 0 saturated heterocycles. The minimum atomic E-state index is -0.861. The average molecular weight is 145 g/mol. The third kappa shape index (κ3) is 29.4. The third-order valence-electron chi connectivity index (χ3n) is 0.344. The summed E-state index contributed by atoms with van der Waals surface area (Å²) in [5.41, 5.74) is 0.